The summed E-state index contributed by atoms with van der Waals surface area (Å²) in [5.41, 5.74) is 1.18. The highest BCUT2D eigenvalue weighted by molar-refractivity contribution is 9.13. The van der Waals surface area contributed by atoms with Crippen LogP contribution in [0.1, 0.15) is 16.5 Å². The molecule has 2 rings (SSSR count). The van der Waals surface area contributed by atoms with Crippen molar-refractivity contribution in [3.63, 3.8) is 0 Å². The molecule has 2 aromatic rings. The molecule has 0 saturated carbocycles. The summed E-state index contributed by atoms with van der Waals surface area (Å²) in [5, 5.41) is 4.05. The molecule has 0 amide bonds. The van der Waals surface area contributed by atoms with Gasteiger partial charge in [-0.05, 0) is 78.6 Å². The predicted molar refractivity (Wildman–Crippen MR) is 89.8 cm³/mol. The molecule has 1 aromatic heterocycles. The summed E-state index contributed by atoms with van der Waals surface area (Å²) < 4.78 is 3.10. The third-order valence-corrected chi connectivity index (χ3v) is 7.05. The van der Waals surface area contributed by atoms with E-state index >= 15 is 0 Å². The van der Waals surface area contributed by atoms with Crippen molar-refractivity contribution in [2.24, 2.45) is 0 Å². The van der Waals surface area contributed by atoms with Gasteiger partial charge in [-0.2, -0.15) is 0 Å². The van der Waals surface area contributed by atoms with Crippen molar-refractivity contribution >= 4 is 70.7 Å². The van der Waals surface area contributed by atoms with Crippen LogP contribution >= 0.6 is 70.7 Å². The second-order valence-electron chi connectivity index (χ2n) is 3.67. The van der Waals surface area contributed by atoms with E-state index in [1.165, 1.54) is 10.4 Å². The molecule has 0 fully saturated rings. The summed E-state index contributed by atoms with van der Waals surface area (Å²) >= 11 is 18.2. The average molecular weight is 474 g/mol. The Labute approximate surface area is 140 Å². The van der Waals surface area contributed by atoms with E-state index in [4.69, 9.17) is 11.6 Å². The first-order valence-electron chi connectivity index (χ1n) is 5.10. The van der Waals surface area contributed by atoms with E-state index in [0.29, 0.717) is 0 Å². The molecule has 1 unspecified atom stereocenters. The number of rotatable bonds is 3. The van der Waals surface area contributed by atoms with Crippen LogP contribution in [0, 0.1) is 0 Å². The number of thiophene rings is 1. The minimum atomic E-state index is 0.158. The molecule has 6 heteroatoms. The summed E-state index contributed by atoms with van der Waals surface area (Å²) in [6.07, 6.45) is 0. The SMILES string of the molecule is CNC(c1ccc(Cl)c(Br)c1)c1cc(Br)c(Br)s1. The van der Waals surface area contributed by atoms with Gasteiger partial charge in [0.15, 0.2) is 0 Å². The Kier molecular flexibility index (Phi) is 5.31. The molecule has 1 aromatic carbocycles. The van der Waals surface area contributed by atoms with Crippen molar-refractivity contribution in [2.45, 2.75) is 6.04 Å². The normalized spacial score (nSPS) is 12.7. The number of nitrogens with one attached hydrogen (secondary N) is 1. The van der Waals surface area contributed by atoms with Gasteiger partial charge in [-0.3, -0.25) is 0 Å². The maximum absolute atomic E-state index is 6.02. The Hall–Kier alpha value is 0.610. The quantitative estimate of drug-likeness (QED) is 0.576. The summed E-state index contributed by atoms with van der Waals surface area (Å²) in [6.45, 7) is 0. The van der Waals surface area contributed by atoms with Crippen molar-refractivity contribution in [1.82, 2.24) is 5.32 Å². The van der Waals surface area contributed by atoms with Crippen molar-refractivity contribution in [3.05, 3.63) is 52.5 Å². The third kappa shape index (κ3) is 3.19. The topological polar surface area (TPSA) is 12.0 Å². The van der Waals surface area contributed by atoms with Crippen LogP contribution in [0.15, 0.2) is 37.0 Å². The summed E-state index contributed by atoms with van der Waals surface area (Å²) in [7, 11) is 1.95. The molecule has 18 heavy (non-hydrogen) atoms. The van der Waals surface area contributed by atoms with Crippen molar-refractivity contribution in [2.75, 3.05) is 7.05 Å². The Morgan fingerprint density at radius 2 is 1.89 bits per heavy atom. The molecule has 0 spiro atoms. The first kappa shape index (κ1) is 15.0. The van der Waals surface area contributed by atoms with E-state index in [2.05, 4.69) is 59.2 Å². The molecule has 1 N–H and O–H groups in total. The average Bonchev–Trinajstić information content (AvgIpc) is 2.65. The molecule has 0 radical (unpaired) electrons. The zero-order valence-corrected chi connectivity index (χ0v) is 15.6. The van der Waals surface area contributed by atoms with E-state index < -0.39 is 0 Å². The Morgan fingerprint density at radius 3 is 2.39 bits per heavy atom. The zero-order valence-electron chi connectivity index (χ0n) is 9.31. The number of halogens is 4. The van der Waals surface area contributed by atoms with Gasteiger partial charge in [0.25, 0.3) is 0 Å². The van der Waals surface area contributed by atoms with Gasteiger partial charge < -0.3 is 5.32 Å². The molecule has 0 bridgehead atoms. The van der Waals surface area contributed by atoms with E-state index in [0.717, 1.165) is 17.8 Å². The Balaban J connectivity index is 2.41. The monoisotopic (exact) mass is 471 g/mol. The van der Waals surface area contributed by atoms with Crippen LogP contribution in [-0.2, 0) is 0 Å². The van der Waals surface area contributed by atoms with Gasteiger partial charge >= 0.3 is 0 Å². The fourth-order valence-electron chi connectivity index (χ4n) is 1.67. The predicted octanol–water partition coefficient (Wildman–Crippen LogP) is 6.00. The largest absolute Gasteiger partial charge is 0.309 e. The Morgan fingerprint density at radius 1 is 1.17 bits per heavy atom. The van der Waals surface area contributed by atoms with Gasteiger partial charge in [0.1, 0.15) is 0 Å². The van der Waals surface area contributed by atoms with Gasteiger partial charge in [-0.1, -0.05) is 17.7 Å². The van der Waals surface area contributed by atoms with E-state index in [-0.39, 0.29) is 6.04 Å². The lowest BCUT2D eigenvalue weighted by Crippen LogP contribution is -2.16. The molecule has 0 aliphatic heterocycles. The molecule has 96 valence electrons. The van der Waals surface area contributed by atoms with Crippen molar-refractivity contribution in [1.29, 1.82) is 0 Å². The smallest absolute Gasteiger partial charge is 0.0843 e. The number of benzene rings is 1. The minimum absolute atomic E-state index is 0.158. The first-order chi connectivity index (χ1) is 8.52. The van der Waals surface area contributed by atoms with Crippen LogP contribution in [0.4, 0.5) is 0 Å². The van der Waals surface area contributed by atoms with Crippen molar-refractivity contribution in [3.8, 4) is 0 Å². The van der Waals surface area contributed by atoms with Crippen LogP contribution in [0.25, 0.3) is 0 Å². The standard InChI is InChI=1S/C12H9Br3ClNS/c1-17-11(10-5-8(14)12(15)18-10)6-2-3-9(16)7(13)4-6/h2-5,11,17H,1H3. The van der Waals surface area contributed by atoms with E-state index in [1.54, 1.807) is 11.3 Å². The van der Waals surface area contributed by atoms with Crippen LogP contribution in [0.5, 0.6) is 0 Å². The minimum Gasteiger partial charge on any atom is -0.309 e. The molecule has 1 heterocycles. The lowest BCUT2D eigenvalue weighted by atomic mass is 10.1. The van der Waals surface area contributed by atoms with Crippen LogP contribution < -0.4 is 5.32 Å². The summed E-state index contributed by atoms with van der Waals surface area (Å²) in [5.74, 6) is 0. The van der Waals surface area contributed by atoms with E-state index in [9.17, 15) is 0 Å². The van der Waals surface area contributed by atoms with Gasteiger partial charge in [0.2, 0.25) is 0 Å². The van der Waals surface area contributed by atoms with Crippen molar-refractivity contribution < 1.29 is 0 Å². The lowest BCUT2D eigenvalue weighted by Gasteiger charge is -2.15. The highest BCUT2D eigenvalue weighted by atomic mass is 79.9. The second kappa shape index (κ2) is 6.37. The maximum Gasteiger partial charge on any atom is 0.0843 e. The zero-order chi connectivity index (χ0) is 13.3. The van der Waals surface area contributed by atoms with Gasteiger partial charge in [0, 0.05) is 13.8 Å². The first-order valence-corrected chi connectivity index (χ1v) is 8.67. The van der Waals surface area contributed by atoms with Crippen LogP contribution in [-0.4, -0.2) is 7.05 Å². The van der Waals surface area contributed by atoms with E-state index in [1.807, 2.05) is 25.2 Å². The fourth-order valence-corrected chi connectivity index (χ4v) is 4.41. The summed E-state index contributed by atoms with van der Waals surface area (Å²) in [6, 6.07) is 8.27. The molecule has 0 aliphatic rings. The van der Waals surface area contributed by atoms with Crippen LogP contribution in [0.2, 0.25) is 5.02 Å². The molecular formula is C12H9Br3ClNS. The highest BCUT2D eigenvalue weighted by Crippen LogP contribution is 2.38. The maximum atomic E-state index is 6.02. The number of hydrogen-bond acceptors (Lipinski definition) is 2. The molecule has 1 nitrogen and oxygen atoms in total. The highest BCUT2D eigenvalue weighted by Gasteiger charge is 2.17. The molecular weight excluding hydrogens is 465 g/mol. The number of hydrogen-bond donors (Lipinski definition) is 1. The lowest BCUT2D eigenvalue weighted by molar-refractivity contribution is 0.703. The third-order valence-electron chi connectivity index (χ3n) is 2.51. The fraction of sp³-hybridized carbons (Fsp3) is 0.167. The second-order valence-corrected chi connectivity index (χ2v) is 8.18. The van der Waals surface area contributed by atoms with Gasteiger partial charge in [0.05, 0.1) is 14.9 Å². The summed E-state index contributed by atoms with van der Waals surface area (Å²) in [4.78, 5) is 1.24. The molecule has 0 saturated heterocycles. The molecule has 1 atom stereocenters. The Bertz CT molecular complexity index is 551. The van der Waals surface area contributed by atoms with Crippen LogP contribution in [0.3, 0.4) is 0 Å². The van der Waals surface area contributed by atoms with Gasteiger partial charge in [-0.25, -0.2) is 0 Å². The molecule has 0 aliphatic carbocycles. The van der Waals surface area contributed by atoms with Gasteiger partial charge in [-0.15, -0.1) is 11.3 Å².